The summed E-state index contributed by atoms with van der Waals surface area (Å²) < 4.78 is 24.6. The van der Waals surface area contributed by atoms with Gasteiger partial charge < -0.3 is 54.1 Å². The van der Waals surface area contributed by atoms with Gasteiger partial charge in [0.2, 0.25) is 0 Å². The van der Waals surface area contributed by atoms with E-state index in [4.69, 9.17) is 33.9 Å². The minimum atomic E-state index is -1.44. The number of phenols is 2. The maximum atomic E-state index is 11.9. The minimum Gasteiger partial charge on any atom is -0.508 e. The van der Waals surface area contributed by atoms with Crippen molar-refractivity contribution in [1.82, 2.24) is 4.98 Å². The zero-order valence-electron chi connectivity index (χ0n) is 37.9. The van der Waals surface area contributed by atoms with Crippen molar-refractivity contribution in [1.29, 1.82) is 0 Å². The number of hydrogen-bond donors (Lipinski definition) is 5. The smallest absolute Gasteiger partial charge is 0.333 e. The molecule has 4 aromatic rings. The summed E-state index contributed by atoms with van der Waals surface area (Å²) in [4.78, 5) is 51.1. The van der Waals surface area contributed by atoms with Crippen LogP contribution in [0.1, 0.15) is 69.7 Å². The van der Waals surface area contributed by atoms with Crippen LogP contribution in [0.4, 0.5) is 5.69 Å². The highest BCUT2D eigenvalue weighted by atomic mass is 16.6. The van der Waals surface area contributed by atoms with E-state index in [9.17, 15) is 34.5 Å². The summed E-state index contributed by atoms with van der Waals surface area (Å²) in [6.07, 6.45) is 2.74. The van der Waals surface area contributed by atoms with Crippen LogP contribution < -0.4 is 14.4 Å². The summed E-state index contributed by atoms with van der Waals surface area (Å²) in [6.45, 7) is 16.5. The fraction of sp³-hybridized carbons (Fsp3) is 0.367. The van der Waals surface area contributed by atoms with Gasteiger partial charge in [0, 0.05) is 54.4 Å². The molecule has 65 heavy (non-hydrogen) atoms. The van der Waals surface area contributed by atoms with E-state index < -0.39 is 29.1 Å². The molecule has 0 bridgehead atoms. The molecule has 1 fully saturated rings. The topological polar surface area (TPSA) is 235 Å². The number of Topliss-reactive ketones (excluding diaryl/α,β-unsaturated/α-hetero) is 2. The second kappa shape index (κ2) is 29.0. The quantitative estimate of drug-likeness (QED) is 0.0369. The molecule has 3 aromatic carbocycles. The molecule has 16 nitrogen and oxygen atoms in total. The lowest BCUT2D eigenvalue weighted by Gasteiger charge is -2.16. The third-order valence-corrected chi connectivity index (χ3v) is 7.96. The van der Waals surface area contributed by atoms with Gasteiger partial charge in [0.25, 0.3) is 0 Å². The van der Waals surface area contributed by atoms with Gasteiger partial charge >= 0.3 is 11.9 Å². The first-order chi connectivity index (χ1) is 29.8. The number of aromatic nitrogens is 1. The van der Waals surface area contributed by atoms with Crippen LogP contribution in [0, 0.1) is 0 Å². The van der Waals surface area contributed by atoms with Crippen LogP contribution in [0.3, 0.4) is 0 Å². The van der Waals surface area contributed by atoms with Crippen molar-refractivity contribution in [3.8, 4) is 23.0 Å². The molecular weight excluding hydrogens is 841 g/mol. The molecule has 0 saturated carbocycles. The van der Waals surface area contributed by atoms with Crippen LogP contribution in [0.25, 0.3) is 0 Å². The van der Waals surface area contributed by atoms with Crippen LogP contribution in [0.15, 0.2) is 122 Å². The minimum absolute atomic E-state index is 0. The van der Waals surface area contributed by atoms with E-state index >= 15 is 0 Å². The van der Waals surface area contributed by atoms with Gasteiger partial charge in [-0.25, -0.2) is 9.59 Å². The van der Waals surface area contributed by atoms with Crippen LogP contribution in [0.5, 0.6) is 23.0 Å². The lowest BCUT2D eigenvalue weighted by molar-refractivity contribution is -0.142. The van der Waals surface area contributed by atoms with Crippen molar-refractivity contribution in [3.63, 3.8) is 0 Å². The van der Waals surface area contributed by atoms with E-state index in [1.165, 1.54) is 76.7 Å². The predicted octanol–water partition coefficient (Wildman–Crippen LogP) is 6.53. The molecule has 2 unspecified atom stereocenters. The Labute approximate surface area is 382 Å². The second-order valence-electron chi connectivity index (χ2n) is 15.3. The molecule has 0 amide bonds. The number of epoxide rings is 1. The maximum Gasteiger partial charge on any atom is 0.333 e. The largest absolute Gasteiger partial charge is 0.508 e. The zero-order valence-corrected chi connectivity index (χ0v) is 37.9. The second-order valence-corrected chi connectivity index (χ2v) is 15.3. The number of ketones is 2. The molecule has 1 aromatic heterocycles. The molecule has 0 spiro atoms. The van der Waals surface area contributed by atoms with Gasteiger partial charge in [0.15, 0.2) is 11.6 Å². The number of esters is 2. The Morgan fingerprint density at radius 2 is 1.12 bits per heavy atom. The first kappa shape index (κ1) is 58.4. The molecule has 356 valence electrons. The molecule has 2 atom stereocenters. The van der Waals surface area contributed by atoms with Crippen molar-refractivity contribution in [2.24, 2.45) is 0 Å². The lowest BCUT2D eigenvalue weighted by Crippen LogP contribution is -2.31. The van der Waals surface area contributed by atoms with Crippen LogP contribution in [-0.2, 0) is 23.8 Å². The Morgan fingerprint density at radius 3 is 1.49 bits per heavy atom. The van der Waals surface area contributed by atoms with Gasteiger partial charge in [0.05, 0.1) is 13.7 Å². The Balaban J connectivity index is 0.000000833. The van der Waals surface area contributed by atoms with Gasteiger partial charge in [-0.1, -0.05) is 20.6 Å². The number of pyridine rings is 1. The molecular formula is C49H66N2O14. The number of anilines is 1. The van der Waals surface area contributed by atoms with Crippen LogP contribution >= 0.6 is 0 Å². The predicted molar refractivity (Wildman–Crippen MR) is 249 cm³/mol. The summed E-state index contributed by atoms with van der Waals surface area (Å²) in [5.41, 5.74) is -0.176. The number of carbonyl (C=O) groups is 4. The molecule has 0 radical (unpaired) electrons. The van der Waals surface area contributed by atoms with E-state index in [-0.39, 0.29) is 55.6 Å². The van der Waals surface area contributed by atoms with Gasteiger partial charge in [-0.05, 0) is 126 Å². The van der Waals surface area contributed by atoms with E-state index in [2.05, 4.69) is 18.1 Å². The number of rotatable bonds is 15. The number of hydrogen-bond acceptors (Lipinski definition) is 16. The van der Waals surface area contributed by atoms with Crippen molar-refractivity contribution >= 4 is 29.2 Å². The van der Waals surface area contributed by atoms with E-state index in [0.29, 0.717) is 35.7 Å². The highest BCUT2D eigenvalue weighted by molar-refractivity contribution is 6.02. The number of carbonyl (C=O) groups excluding carboxylic acids is 4. The normalized spacial score (nSPS) is 12.5. The van der Waals surface area contributed by atoms with Crippen molar-refractivity contribution in [2.75, 3.05) is 52.5 Å². The molecule has 1 aliphatic rings. The van der Waals surface area contributed by atoms with E-state index in [1.807, 2.05) is 31.1 Å². The number of aromatic hydroxyl groups is 2. The first-order valence-electron chi connectivity index (χ1n) is 19.8. The fourth-order valence-electron chi connectivity index (χ4n) is 4.24. The fourth-order valence-corrected chi connectivity index (χ4v) is 4.24. The number of methoxy groups -OCH3 is 1. The highest BCUT2D eigenvalue weighted by Crippen LogP contribution is 2.19. The monoisotopic (exact) mass is 906 g/mol. The number of ether oxygens (including phenoxy) is 5. The molecule has 16 heteroatoms. The summed E-state index contributed by atoms with van der Waals surface area (Å²) >= 11 is 0. The van der Waals surface area contributed by atoms with Crippen LogP contribution in [-0.4, -0.2) is 125 Å². The number of aliphatic hydroxyl groups excluding tert-OH is 1. The highest BCUT2D eigenvalue weighted by Gasteiger charge is 2.26. The molecule has 1 aliphatic heterocycles. The van der Waals surface area contributed by atoms with Gasteiger partial charge in [-0.2, -0.15) is 0 Å². The summed E-state index contributed by atoms with van der Waals surface area (Å²) in [6, 6.07) is 22.5. The standard InChI is InChI=1S/C17H22O6.C10H12O3.C7H10N2.C7H10O3.C7H8O2.CH4/c1-11(2)16(20)23-10-13(18)9-22-14-7-5-12(6-8-14)15(19)17(3,4)21;1-10(2,13)9(12)7-3-5-8(11)6-4-7;1-9(2)7-3-5-8-6-4-7;1-5(2)7(8)10-4-6-3-9-6;1-9-7-4-2-6(8)3-5-7;/h5-8,13,18,21H,1,9-10H2,2-4H3;3-6,11,13H,1-2H3;3-6H,1-2H3;6H,1,3-4H2,2H3;2-5,8H,1H3;1H4. The molecule has 2 heterocycles. The first-order valence-corrected chi connectivity index (χ1v) is 19.8. The molecule has 0 aliphatic carbocycles. The van der Waals surface area contributed by atoms with Gasteiger partial charge in [-0.3, -0.25) is 14.6 Å². The molecule has 5 rings (SSSR count). The average Bonchev–Trinajstić information content (AvgIpc) is 4.09. The SMILES string of the molecule is C.C=C(C)C(=O)OCC(O)COc1ccc(C(=O)C(C)(C)O)cc1.C=C(C)C(=O)OCC1CO1.CC(C)(O)C(=O)c1ccc(O)cc1.CN(C)c1ccncc1.COc1ccc(O)cc1. The Bertz CT molecular complexity index is 2050. The Kier molecular flexibility index (Phi) is 26.0. The number of benzene rings is 3. The third-order valence-electron chi connectivity index (χ3n) is 7.96. The summed E-state index contributed by atoms with van der Waals surface area (Å²) in [7, 11) is 5.61. The number of phenolic OH excluding ortho intramolecular Hbond substituents is 2. The maximum absolute atomic E-state index is 11.9. The molecule has 5 N–H and O–H groups in total. The van der Waals surface area contributed by atoms with Gasteiger partial charge in [-0.15, -0.1) is 0 Å². The molecule has 1 saturated heterocycles. The third kappa shape index (κ3) is 25.3. The average molecular weight is 907 g/mol. The van der Waals surface area contributed by atoms with Crippen molar-refractivity contribution < 1.29 is 68.4 Å². The summed E-state index contributed by atoms with van der Waals surface area (Å²) in [5.74, 6) is -0.0872. The lowest BCUT2D eigenvalue weighted by atomic mass is 9.97. The summed E-state index contributed by atoms with van der Waals surface area (Å²) in [5, 5.41) is 46.5. The van der Waals surface area contributed by atoms with E-state index in [0.717, 1.165) is 5.75 Å². The van der Waals surface area contributed by atoms with Gasteiger partial charge in [0.1, 0.15) is 66.2 Å². The van der Waals surface area contributed by atoms with Crippen molar-refractivity contribution in [2.45, 2.75) is 72.4 Å². The van der Waals surface area contributed by atoms with E-state index in [1.54, 1.807) is 62.8 Å². The van der Waals surface area contributed by atoms with Crippen LogP contribution in [0.2, 0.25) is 0 Å². The number of nitrogens with zero attached hydrogens (tertiary/aromatic N) is 2. The number of aliphatic hydroxyl groups is 3. The van der Waals surface area contributed by atoms with Crippen molar-refractivity contribution in [3.05, 3.63) is 133 Å². The Hall–Kier alpha value is -6.59. The zero-order chi connectivity index (χ0) is 48.6. The Morgan fingerprint density at radius 1 is 0.723 bits per heavy atom.